The molecule has 1 amide bonds. The Kier molecular flexibility index (Phi) is 7.42. The highest BCUT2D eigenvalue weighted by atomic mass is 19.1. The molecule has 0 heterocycles. The Morgan fingerprint density at radius 3 is 2.24 bits per heavy atom. The van der Waals surface area contributed by atoms with Crippen LogP contribution in [0.15, 0.2) is 66.2 Å². The van der Waals surface area contributed by atoms with Crippen LogP contribution in [0.5, 0.6) is 0 Å². The van der Waals surface area contributed by atoms with E-state index in [1.54, 1.807) is 51.1 Å². The van der Waals surface area contributed by atoms with Crippen molar-refractivity contribution in [3.63, 3.8) is 0 Å². The minimum atomic E-state index is -1.68. The van der Waals surface area contributed by atoms with Gasteiger partial charge in [-0.3, -0.25) is 9.59 Å². The van der Waals surface area contributed by atoms with Gasteiger partial charge in [0.05, 0.1) is 12.1 Å². The first kappa shape index (κ1) is 22.5. The fourth-order valence-electron chi connectivity index (χ4n) is 3.25. The highest BCUT2D eigenvalue weighted by molar-refractivity contribution is 6.01. The van der Waals surface area contributed by atoms with Crippen LogP contribution < -0.4 is 11.1 Å². The number of ketones is 1. The molecule has 0 fully saturated rings. The molecule has 0 aliphatic carbocycles. The van der Waals surface area contributed by atoms with E-state index in [1.807, 2.05) is 0 Å². The quantitative estimate of drug-likeness (QED) is 0.471. The van der Waals surface area contributed by atoms with Crippen LogP contribution in [-0.4, -0.2) is 28.9 Å². The van der Waals surface area contributed by atoms with Gasteiger partial charge in [0.1, 0.15) is 11.4 Å². The summed E-state index contributed by atoms with van der Waals surface area (Å²) in [5, 5.41) is 14.2. The number of nitrogens with one attached hydrogen (secondary N) is 1. The number of allylic oxidation sites excluding steroid dienone is 1. The number of rotatable bonds is 8. The molecule has 0 aliphatic heterocycles. The molecule has 2 aromatic rings. The Hall–Kier alpha value is -2.83. The SMILES string of the molecule is CCC(O)(c1ccc(F)cc1)C(NC(=O)C=C(C)C)C(N)C(=O)c1ccccc1. The third-order valence-corrected chi connectivity index (χ3v) is 4.84. The van der Waals surface area contributed by atoms with Crippen molar-refractivity contribution < 1.29 is 19.1 Å². The molecule has 0 spiro atoms. The third kappa shape index (κ3) is 5.37. The van der Waals surface area contributed by atoms with Gasteiger partial charge in [-0.1, -0.05) is 55.0 Å². The van der Waals surface area contributed by atoms with Crippen molar-refractivity contribution in [1.29, 1.82) is 0 Å². The number of Topliss-reactive ketones (excluding diaryl/α,β-unsaturated/α-hetero) is 1. The van der Waals surface area contributed by atoms with Crippen molar-refractivity contribution in [2.45, 2.75) is 44.9 Å². The molecule has 154 valence electrons. The van der Waals surface area contributed by atoms with E-state index in [4.69, 9.17) is 5.73 Å². The van der Waals surface area contributed by atoms with Crippen LogP contribution in [0, 0.1) is 5.82 Å². The van der Waals surface area contributed by atoms with E-state index in [0.717, 1.165) is 5.57 Å². The second-order valence-electron chi connectivity index (χ2n) is 7.25. The first-order chi connectivity index (χ1) is 13.7. The molecule has 6 heteroatoms. The summed E-state index contributed by atoms with van der Waals surface area (Å²) in [5.41, 5.74) is 6.10. The van der Waals surface area contributed by atoms with E-state index >= 15 is 0 Å². The molecule has 0 saturated heterocycles. The molecule has 4 N–H and O–H groups in total. The first-order valence-electron chi connectivity index (χ1n) is 9.47. The van der Waals surface area contributed by atoms with Crippen molar-refractivity contribution in [2.75, 3.05) is 0 Å². The summed E-state index contributed by atoms with van der Waals surface area (Å²) in [6.07, 6.45) is 1.52. The molecule has 0 bridgehead atoms. The highest BCUT2D eigenvalue weighted by Gasteiger charge is 2.44. The van der Waals surface area contributed by atoms with Crippen LogP contribution in [-0.2, 0) is 10.4 Å². The summed E-state index contributed by atoms with van der Waals surface area (Å²) in [6, 6.07) is 11.4. The molecule has 5 nitrogen and oxygen atoms in total. The van der Waals surface area contributed by atoms with Gasteiger partial charge in [-0.15, -0.1) is 0 Å². The molecule has 2 rings (SSSR count). The number of hydrogen-bond donors (Lipinski definition) is 3. The number of nitrogens with two attached hydrogens (primary N) is 1. The summed E-state index contributed by atoms with van der Waals surface area (Å²) in [4.78, 5) is 25.4. The minimum Gasteiger partial charge on any atom is -0.383 e. The van der Waals surface area contributed by atoms with Crippen LogP contribution in [0.2, 0.25) is 0 Å². The minimum absolute atomic E-state index is 0.147. The zero-order valence-electron chi connectivity index (χ0n) is 16.9. The molecule has 3 unspecified atom stereocenters. The van der Waals surface area contributed by atoms with Gasteiger partial charge in [0.2, 0.25) is 5.91 Å². The number of carbonyl (C=O) groups excluding carboxylic acids is 2. The lowest BCUT2D eigenvalue weighted by atomic mass is 9.78. The smallest absolute Gasteiger partial charge is 0.244 e. The zero-order chi connectivity index (χ0) is 21.6. The summed E-state index contributed by atoms with van der Waals surface area (Å²) >= 11 is 0. The maximum Gasteiger partial charge on any atom is 0.244 e. The maximum absolute atomic E-state index is 13.4. The predicted molar refractivity (Wildman–Crippen MR) is 111 cm³/mol. The van der Waals surface area contributed by atoms with Crippen LogP contribution in [0.3, 0.4) is 0 Å². The van der Waals surface area contributed by atoms with Crippen molar-refractivity contribution in [3.8, 4) is 0 Å². The molecule has 2 aromatic carbocycles. The molecule has 29 heavy (non-hydrogen) atoms. The van der Waals surface area contributed by atoms with Crippen molar-refractivity contribution in [3.05, 3.63) is 83.2 Å². The van der Waals surface area contributed by atoms with Crippen LogP contribution in [0.4, 0.5) is 4.39 Å². The van der Waals surface area contributed by atoms with E-state index in [2.05, 4.69) is 5.32 Å². The summed E-state index contributed by atoms with van der Waals surface area (Å²) in [5.74, 6) is -1.34. The number of amides is 1. The summed E-state index contributed by atoms with van der Waals surface area (Å²) < 4.78 is 13.4. The molecule has 3 atom stereocenters. The first-order valence-corrected chi connectivity index (χ1v) is 9.47. The average molecular weight is 398 g/mol. The molecular weight excluding hydrogens is 371 g/mol. The van der Waals surface area contributed by atoms with Crippen molar-refractivity contribution in [2.24, 2.45) is 5.73 Å². The Balaban J connectivity index is 2.50. The number of hydrogen-bond acceptors (Lipinski definition) is 4. The van der Waals surface area contributed by atoms with Crippen LogP contribution in [0.1, 0.15) is 43.1 Å². The summed E-state index contributed by atoms with van der Waals surface area (Å²) in [6.45, 7) is 5.23. The largest absolute Gasteiger partial charge is 0.383 e. The summed E-state index contributed by atoms with van der Waals surface area (Å²) in [7, 11) is 0. The predicted octanol–water partition coefficient (Wildman–Crippen LogP) is 3.08. The van der Waals surface area contributed by atoms with Gasteiger partial charge in [0.25, 0.3) is 0 Å². The lowest BCUT2D eigenvalue weighted by Gasteiger charge is -2.39. The van der Waals surface area contributed by atoms with Gasteiger partial charge in [-0.2, -0.15) is 0 Å². The molecule has 0 aromatic heterocycles. The second-order valence-corrected chi connectivity index (χ2v) is 7.25. The topological polar surface area (TPSA) is 92.4 Å². The van der Waals surface area contributed by atoms with E-state index in [9.17, 15) is 19.1 Å². The number of aliphatic hydroxyl groups is 1. The van der Waals surface area contributed by atoms with Crippen LogP contribution in [0.25, 0.3) is 0 Å². The lowest BCUT2D eigenvalue weighted by Crippen LogP contribution is -2.61. The molecule has 0 saturated carbocycles. The van der Waals surface area contributed by atoms with Gasteiger partial charge in [0.15, 0.2) is 5.78 Å². The molecule has 0 radical (unpaired) electrons. The highest BCUT2D eigenvalue weighted by Crippen LogP contribution is 2.31. The van der Waals surface area contributed by atoms with E-state index in [1.165, 1.54) is 30.3 Å². The van der Waals surface area contributed by atoms with Gasteiger partial charge in [-0.05, 0) is 38.0 Å². The normalized spacial score (nSPS) is 15.0. The van der Waals surface area contributed by atoms with Crippen molar-refractivity contribution in [1.82, 2.24) is 5.32 Å². The van der Waals surface area contributed by atoms with E-state index in [0.29, 0.717) is 11.1 Å². The van der Waals surface area contributed by atoms with E-state index in [-0.39, 0.29) is 6.42 Å². The monoisotopic (exact) mass is 398 g/mol. The number of benzene rings is 2. The third-order valence-electron chi connectivity index (χ3n) is 4.84. The van der Waals surface area contributed by atoms with Gasteiger partial charge in [-0.25, -0.2) is 4.39 Å². The fourth-order valence-corrected chi connectivity index (χ4v) is 3.25. The number of carbonyl (C=O) groups is 2. The Morgan fingerprint density at radius 1 is 1.14 bits per heavy atom. The average Bonchev–Trinajstić information content (AvgIpc) is 2.71. The lowest BCUT2D eigenvalue weighted by molar-refractivity contribution is -0.120. The molecule has 0 aliphatic rings. The van der Waals surface area contributed by atoms with Crippen LogP contribution >= 0.6 is 0 Å². The zero-order valence-corrected chi connectivity index (χ0v) is 16.9. The number of halogens is 1. The second kappa shape index (κ2) is 9.58. The van der Waals surface area contributed by atoms with Crippen molar-refractivity contribution >= 4 is 11.7 Å². The fraction of sp³-hybridized carbons (Fsp3) is 0.304. The van der Waals surface area contributed by atoms with Gasteiger partial charge >= 0.3 is 0 Å². The van der Waals surface area contributed by atoms with E-state index < -0.39 is 35.2 Å². The standard InChI is InChI=1S/C23H27FN2O3/c1-4-23(29,17-10-12-18(24)13-11-17)22(26-19(27)14-15(2)3)20(25)21(28)16-8-6-5-7-9-16/h5-14,20,22,29H,4,25H2,1-3H3,(H,26,27). The van der Waals surface area contributed by atoms with Gasteiger partial charge in [0, 0.05) is 11.6 Å². The Morgan fingerprint density at radius 2 is 1.72 bits per heavy atom. The van der Waals surface area contributed by atoms with Gasteiger partial charge < -0.3 is 16.2 Å². The maximum atomic E-state index is 13.4. The molecular formula is C23H27FN2O3. The Labute approximate surface area is 170 Å². The Bertz CT molecular complexity index is 877.